The number of halogens is 3. The van der Waals surface area contributed by atoms with E-state index in [0.29, 0.717) is 5.92 Å². The number of thiophene rings is 1. The smallest absolute Gasteiger partial charge is 0.475 e. The molecule has 1 fully saturated rings. The van der Waals surface area contributed by atoms with E-state index >= 15 is 0 Å². The summed E-state index contributed by atoms with van der Waals surface area (Å²) in [6.45, 7) is 6.86. The molecule has 0 saturated heterocycles. The van der Waals surface area contributed by atoms with Gasteiger partial charge in [0.25, 0.3) is 0 Å². The lowest BCUT2D eigenvalue weighted by Gasteiger charge is -2.31. The minimum atomic E-state index is -5.08. The summed E-state index contributed by atoms with van der Waals surface area (Å²) in [6.07, 6.45) is -2.40. The Bertz CT molecular complexity index is 864. The van der Waals surface area contributed by atoms with Gasteiger partial charge in [-0.15, -0.1) is 16.4 Å². The van der Waals surface area contributed by atoms with E-state index in [2.05, 4.69) is 39.0 Å². The summed E-state index contributed by atoms with van der Waals surface area (Å²) in [5.41, 5.74) is 2.46. The van der Waals surface area contributed by atoms with Crippen LogP contribution in [0.2, 0.25) is 0 Å². The van der Waals surface area contributed by atoms with E-state index in [4.69, 9.17) is 14.6 Å². The van der Waals surface area contributed by atoms with Gasteiger partial charge in [0.2, 0.25) is 0 Å². The molecule has 1 unspecified atom stereocenters. The lowest BCUT2D eigenvalue weighted by Crippen LogP contribution is -2.36. The van der Waals surface area contributed by atoms with Crippen LogP contribution in [0.15, 0.2) is 12.1 Å². The number of carboxylic acids is 1. The fraction of sp³-hybridized carbons (Fsp3) is 0.632. The van der Waals surface area contributed by atoms with Crippen LogP contribution in [-0.2, 0) is 29.2 Å². The van der Waals surface area contributed by atoms with Crippen molar-refractivity contribution in [1.82, 2.24) is 19.9 Å². The molecule has 0 amide bonds. The van der Waals surface area contributed by atoms with E-state index in [1.807, 2.05) is 11.3 Å². The third-order valence-corrected chi connectivity index (χ3v) is 5.99. The van der Waals surface area contributed by atoms with Gasteiger partial charge in [-0.05, 0) is 37.8 Å². The van der Waals surface area contributed by atoms with E-state index < -0.39 is 12.1 Å². The van der Waals surface area contributed by atoms with Crippen LogP contribution in [0.25, 0.3) is 0 Å². The molecule has 0 aromatic carbocycles. The second kappa shape index (κ2) is 9.44. The second-order valence-electron chi connectivity index (χ2n) is 7.68. The Hall–Kier alpha value is -1.98. The first-order valence-corrected chi connectivity index (χ1v) is 10.5. The molecule has 11 heteroatoms. The Kier molecular flexibility index (Phi) is 7.14. The lowest BCUT2D eigenvalue weighted by atomic mass is 9.98. The number of aryl methyl sites for hydroxylation is 1. The molecule has 3 heterocycles. The van der Waals surface area contributed by atoms with Crippen LogP contribution < -0.4 is 0 Å². The van der Waals surface area contributed by atoms with Crippen molar-refractivity contribution in [3.05, 3.63) is 33.3 Å². The molecular weight excluding hydrogens is 421 g/mol. The third-order valence-electron chi connectivity index (χ3n) is 5.00. The minimum absolute atomic E-state index is 0.374. The number of carbonyl (C=O) groups is 1. The van der Waals surface area contributed by atoms with E-state index in [9.17, 15) is 13.2 Å². The zero-order valence-corrected chi connectivity index (χ0v) is 17.7. The number of rotatable bonds is 6. The Labute approximate surface area is 176 Å². The maximum atomic E-state index is 10.6. The molecule has 1 atom stereocenters. The first kappa shape index (κ1) is 22.7. The molecule has 166 valence electrons. The number of methoxy groups -OCH3 is 1. The molecule has 1 N–H and O–H groups in total. The lowest BCUT2D eigenvalue weighted by molar-refractivity contribution is -0.192. The molecule has 2 aromatic heterocycles. The van der Waals surface area contributed by atoms with Crippen LogP contribution in [0.4, 0.5) is 13.2 Å². The molecular formula is C19H25F3N4O3S. The minimum Gasteiger partial charge on any atom is -0.475 e. The standard InChI is InChI=1S/C17H24N4OS.C2HF3O2/c1-12-3-6-15(23-12)9-20-8-14(11-22-2)17-16(10-20)18-19-21(17)7-13-4-5-13;3-2(4,5)1(6)7/h3,6,13-14H,4-5,7-11H2,1-2H3;(H,6,7). The SMILES string of the molecule is COCC1CN(Cc2ccc(C)s2)Cc2nnn(CC3CC3)c21.O=C(O)C(F)(F)F. The van der Waals surface area contributed by atoms with Gasteiger partial charge in [-0.25, -0.2) is 9.48 Å². The van der Waals surface area contributed by atoms with Gasteiger partial charge in [-0.3, -0.25) is 4.90 Å². The number of carboxylic acid groups (broad SMARTS) is 1. The van der Waals surface area contributed by atoms with Gasteiger partial charge in [0, 0.05) is 49.0 Å². The van der Waals surface area contributed by atoms with Crippen molar-refractivity contribution in [2.75, 3.05) is 20.3 Å². The van der Waals surface area contributed by atoms with Gasteiger partial charge in [0.15, 0.2) is 0 Å². The number of fused-ring (bicyclic) bond motifs is 1. The van der Waals surface area contributed by atoms with Crippen molar-refractivity contribution in [1.29, 1.82) is 0 Å². The summed E-state index contributed by atoms with van der Waals surface area (Å²) in [5.74, 6) is -1.57. The molecule has 1 aliphatic carbocycles. The predicted octanol–water partition coefficient (Wildman–Crippen LogP) is 3.44. The van der Waals surface area contributed by atoms with Crippen molar-refractivity contribution < 1.29 is 27.8 Å². The average molecular weight is 446 g/mol. The number of ether oxygens (including phenoxy) is 1. The second-order valence-corrected chi connectivity index (χ2v) is 9.06. The number of aliphatic carboxylic acids is 1. The largest absolute Gasteiger partial charge is 0.490 e. The Morgan fingerprint density at radius 1 is 1.37 bits per heavy atom. The molecule has 1 saturated carbocycles. The van der Waals surface area contributed by atoms with E-state index in [1.165, 1.54) is 28.3 Å². The summed E-state index contributed by atoms with van der Waals surface area (Å²) >= 11 is 1.89. The fourth-order valence-electron chi connectivity index (χ4n) is 3.51. The highest BCUT2D eigenvalue weighted by Crippen LogP contribution is 2.34. The van der Waals surface area contributed by atoms with Crippen molar-refractivity contribution in [2.24, 2.45) is 5.92 Å². The summed E-state index contributed by atoms with van der Waals surface area (Å²) in [7, 11) is 1.79. The monoisotopic (exact) mass is 446 g/mol. The predicted molar refractivity (Wildman–Crippen MR) is 104 cm³/mol. The van der Waals surface area contributed by atoms with Crippen LogP contribution in [-0.4, -0.2) is 57.4 Å². The van der Waals surface area contributed by atoms with Gasteiger partial charge >= 0.3 is 12.1 Å². The topological polar surface area (TPSA) is 80.5 Å². The highest BCUT2D eigenvalue weighted by Gasteiger charge is 2.38. The molecule has 4 rings (SSSR count). The highest BCUT2D eigenvalue weighted by molar-refractivity contribution is 7.11. The molecule has 1 aliphatic heterocycles. The fourth-order valence-corrected chi connectivity index (χ4v) is 4.45. The van der Waals surface area contributed by atoms with Gasteiger partial charge in [-0.2, -0.15) is 13.2 Å². The van der Waals surface area contributed by atoms with Crippen LogP contribution in [0.1, 0.15) is 39.9 Å². The molecule has 7 nitrogen and oxygen atoms in total. The summed E-state index contributed by atoms with van der Waals surface area (Å²) in [5, 5.41) is 16.1. The molecule has 0 bridgehead atoms. The van der Waals surface area contributed by atoms with E-state index in [0.717, 1.165) is 44.4 Å². The van der Waals surface area contributed by atoms with Crippen LogP contribution in [0.3, 0.4) is 0 Å². The number of nitrogens with zero attached hydrogens (tertiary/aromatic N) is 4. The summed E-state index contributed by atoms with van der Waals surface area (Å²) < 4.78 is 39.4. The Balaban J connectivity index is 0.000000318. The third kappa shape index (κ3) is 6.02. The van der Waals surface area contributed by atoms with Crippen molar-refractivity contribution in [3.8, 4) is 0 Å². The van der Waals surface area contributed by atoms with E-state index in [-0.39, 0.29) is 0 Å². The number of hydrogen-bond acceptors (Lipinski definition) is 6. The first-order chi connectivity index (χ1) is 14.2. The van der Waals surface area contributed by atoms with Gasteiger partial charge in [-0.1, -0.05) is 5.21 Å². The van der Waals surface area contributed by atoms with Gasteiger partial charge < -0.3 is 9.84 Å². The van der Waals surface area contributed by atoms with Gasteiger partial charge in [0.05, 0.1) is 12.3 Å². The maximum Gasteiger partial charge on any atom is 0.490 e. The zero-order valence-electron chi connectivity index (χ0n) is 16.9. The maximum absolute atomic E-state index is 10.6. The van der Waals surface area contributed by atoms with Crippen molar-refractivity contribution >= 4 is 17.3 Å². The number of hydrogen-bond donors (Lipinski definition) is 1. The molecule has 2 aromatic rings. The van der Waals surface area contributed by atoms with Crippen LogP contribution in [0.5, 0.6) is 0 Å². The van der Waals surface area contributed by atoms with E-state index in [1.54, 1.807) is 7.11 Å². The van der Waals surface area contributed by atoms with Crippen LogP contribution >= 0.6 is 11.3 Å². The zero-order chi connectivity index (χ0) is 21.9. The normalized spacial score (nSPS) is 19.2. The molecule has 30 heavy (non-hydrogen) atoms. The quantitative estimate of drug-likeness (QED) is 0.732. The molecule has 0 radical (unpaired) electrons. The van der Waals surface area contributed by atoms with Crippen molar-refractivity contribution in [2.45, 2.75) is 51.5 Å². The number of aromatic nitrogens is 3. The van der Waals surface area contributed by atoms with Gasteiger partial charge in [0.1, 0.15) is 5.69 Å². The summed E-state index contributed by atoms with van der Waals surface area (Å²) in [4.78, 5) is 14.2. The Morgan fingerprint density at radius 2 is 2.07 bits per heavy atom. The average Bonchev–Trinajstić information content (AvgIpc) is 3.24. The molecule has 2 aliphatic rings. The highest BCUT2D eigenvalue weighted by atomic mass is 32.1. The van der Waals surface area contributed by atoms with Crippen molar-refractivity contribution in [3.63, 3.8) is 0 Å². The number of alkyl halides is 3. The molecule has 0 spiro atoms. The first-order valence-electron chi connectivity index (χ1n) is 9.66. The summed E-state index contributed by atoms with van der Waals surface area (Å²) in [6, 6.07) is 4.44. The Morgan fingerprint density at radius 3 is 2.60 bits per heavy atom. The van der Waals surface area contributed by atoms with Crippen LogP contribution in [0, 0.1) is 12.8 Å².